The number of pyridine rings is 1. The van der Waals surface area contributed by atoms with Gasteiger partial charge in [-0.1, -0.05) is 42.5 Å². The number of rotatable bonds is 5. The smallest absolute Gasteiger partial charge is 0.255 e. The highest BCUT2D eigenvalue weighted by molar-refractivity contribution is 5.94. The van der Waals surface area contributed by atoms with E-state index >= 15 is 0 Å². The molecule has 152 valence electrons. The maximum absolute atomic E-state index is 12.5. The summed E-state index contributed by atoms with van der Waals surface area (Å²) >= 11 is 0. The molecule has 2 fully saturated rings. The molecule has 0 aliphatic carbocycles. The Bertz CT molecular complexity index is 809. The van der Waals surface area contributed by atoms with Gasteiger partial charge in [0.15, 0.2) is 0 Å². The van der Waals surface area contributed by atoms with Crippen LogP contribution in [0.25, 0.3) is 6.08 Å². The third-order valence-corrected chi connectivity index (χ3v) is 5.46. The molecular weight excluding hydrogens is 364 g/mol. The molecule has 3 heterocycles. The zero-order chi connectivity index (χ0) is 19.9. The first-order chi connectivity index (χ1) is 14.3. The minimum atomic E-state index is 0.0439. The lowest BCUT2D eigenvalue weighted by molar-refractivity contribution is 0.0302. The number of anilines is 1. The average molecular weight is 393 g/mol. The van der Waals surface area contributed by atoms with E-state index in [1.54, 1.807) is 6.20 Å². The van der Waals surface area contributed by atoms with Gasteiger partial charge in [0, 0.05) is 52.0 Å². The predicted molar refractivity (Wildman–Crippen MR) is 115 cm³/mol. The van der Waals surface area contributed by atoms with Crippen LogP contribution in [-0.2, 0) is 4.74 Å². The maximum atomic E-state index is 12.5. The van der Waals surface area contributed by atoms with Crippen LogP contribution in [0, 0.1) is 0 Å². The van der Waals surface area contributed by atoms with Crippen LogP contribution in [0.3, 0.4) is 0 Å². The number of benzene rings is 1. The van der Waals surface area contributed by atoms with Crippen molar-refractivity contribution < 1.29 is 9.53 Å². The van der Waals surface area contributed by atoms with Gasteiger partial charge in [-0.3, -0.25) is 9.69 Å². The highest BCUT2D eigenvalue weighted by atomic mass is 16.5. The van der Waals surface area contributed by atoms with E-state index in [1.807, 2.05) is 23.1 Å². The fourth-order valence-electron chi connectivity index (χ4n) is 3.71. The van der Waals surface area contributed by atoms with Crippen LogP contribution in [0.2, 0.25) is 0 Å². The summed E-state index contributed by atoms with van der Waals surface area (Å²) in [6.45, 7) is 7.41. The third-order valence-electron chi connectivity index (χ3n) is 5.46. The van der Waals surface area contributed by atoms with E-state index in [0.717, 1.165) is 38.5 Å². The van der Waals surface area contributed by atoms with E-state index in [2.05, 4.69) is 51.2 Å². The van der Waals surface area contributed by atoms with Crippen molar-refractivity contribution in [2.45, 2.75) is 0 Å². The molecule has 6 nitrogen and oxygen atoms in total. The van der Waals surface area contributed by atoms with Gasteiger partial charge < -0.3 is 14.5 Å². The van der Waals surface area contributed by atoms with Crippen molar-refractivity contribution in [2.24, 2.45) is 0 Å². The number of hydrogen-bond acceptors (Lipinski definition) is 5. The molecule has 2 aliphatic rings. The summed E-state index contributed by atoms with van der Waals surface area (Å²) in [6, 6.07) is 14.3. The lowest BCUT2D eigenvalue weighted by Crippen LogP contribution is -2.46. The van der Waals surface area contributed by atoms with Crippen LogP contribution in [0.5, 0.6) is 0 Å². The molecule has 0 N–H and O–H groups in total. The third kappa shape index (κ3) is 5.22. The van der Waals surface area contributed by atoms with Crippen LogP contribution < -0.4 is 4.90 Å². The van der Waals surface area contributed by atoms with Gasteiger partial charge in [-0.2, -0.15) is 0 Å². The molecule has 1 aromatic heterocycles. The van der Waals surface area contributed by atoms with Gasteiger partial charge >= 0.3 is 0 Å². The molecule has 0 saturated carbocycles. The van der Waals surface area contributed by atoms with E-state index < -0.39 is 0 Å². The van der Waals surface area contributed by atoms with Gasteiger partial charge in [-0.25, -0.2) is 4.98 Å². The molecule has 0 unspecified atom stereocenters. The van der Waals surface area contributed by atoms with Crippen molar-refractivity contribution in [2.75, 3.05) is 63.9 Å². The van der Waals surface area contributed by atoms with Crippen molar-refractivity contribution in [3.63, 3.8) is 0 Å². The second-order valence-corrected chi connectivity index (χ2v) is 7.41. The molecule has 2 aromatic rings. The second-order valence-electron chi connectivity index (χ2n) is 7.41. The van der Waals surface area contributed by atoms with Gasteiger partial charge in [-0.05, 0) is 17.7 Å². The molecule has 4 rings (SSSR count). The molecule has 1 aromatic carbocycles. The summed E-state index contributed by atoms with van der Waals surface area (Å²) in [4.78, 5) is 23.7. The first kappa shape index (κ1) is 19.6. The minimum Gasteiger partial charge on any atom is -0.378 e. The van der Waals surface area contributed by atoms with Crippen molar-refractivity contribution in [1.82, 2.24) is 14.8 Å². The van der Waals surface area contributed by atoms with Crippen LogP contribution in [0.4, 0.5) is 5.82 Å². The number of morpholine rings is 1. The van der Waals surface area contributed by atoms with Crippen LogP contribution >= 0.6 is 0 Å². The van der Waals surface area contributed by atoms with Gasteiger partial charge in [0.1, 0.15) is 5.82 Å². The lowest BCUT2D eigenvalue weighted by atomic mass is 10.2. The number of amides is 1. The molecule has 0 spiro atoms. The summed E-state index contributed by atoms with van der Waals surface area (Å²) in [5.41, 5.74) is 1.89. The first-order valence-electron chi connectivity index (χ1n) is 10.3. The molecular formula is C23H28N4O2. The monoisotopic (exact) mass is 392 g/mol. The Hall–Kier alpha value is -2.70. The van der Waals surface area contributed by atoms with Gasteiger partial charge in [0.25, 0.3) is 5.91 Å². The molecule has 29 heavy (non-hydrogen) atoms. The Morgan fingerprint density at radius 1 is 0.966 bits per heavy atom. The Morgan fingerprint density at radius 2 is 1.72 bits per heavy atom. The second kappa shape index (κ2) is 9.67. The average Bonchev–Trinajstić information content (AvgIpc) is 2.80. The standard InChI is InChI=1S/C23H28N4O2/c28-23(27-15-17-29-18-16-27)21-8-9-22(24-19-21)26-13-11-25(12-14-26)10-4-7-20-5-2-1-3-6-20/h1-9,19H,10-18H2/b7-4+. The zero-order valence-electron chi connectivity index (χ0n) is 16.7. The van der Waals surface area contributed by atoms with Crippen molar-refractivity contribution in [1.29, 1.82) is 0 Å². The summed E-state index contributed by atoms with van der Waals surface area (Å²) in [6.07, 6.45) is 6.12. The van der Waals surface area contributed by atoms with E-state index in [4.69, 9.17) is 4.74 Å². The van der Waals surface area contributed by atoms with Crippen LogP contribution in [0.15, 0.2) is 54.7 Å². The highest BCUT2D eigenvalue weighted by Crippen LogP contribution is 2.16. The predicted octanol–water partition coefficient (Wildman–Crippen LogP) is 2.39. The summed E-state index contributed by atoms with van der Waals surface area (Å²) in [5.74, 6) is 0.991. The Kier molecular flexibility index (Phi) is 6.54. The molecule has 0 radical (unpaired) electrons. The van der Waals surface area contributed by atoms with E-state index in [1.165, 1.54) is 5.56 Å². The molecule has 2 aliphatic heterocycles. The normalized spacial score (nSPS) is 18.3. The Balaban J connectivity index is 1.26. The van der Waals surface area contributed by atoms with E-state index in [0.29, 0.717) is 31.9 Å². The molecule has 2 saturated heterocycles. The first-order valence-corrected chi connectivity index (χ1v) is 10.3. The van der Waals surface area contributed by atoms with Gasteiger partial charge in [0.05, 0.1) is 18.8 Å². The van der Waals surface area contributed by atoms with Crippen molar-refractivity contribution in [3.05, 3.63) is 65.9 Å². The molecule has 1 amide bonds. The summed E-state index contributed by atoms with van der Waals surface area (Å²) < 4.78 is 5.32. The largest absolute Gasteiger partial charge is 0.378 e. The summed E-state index contributed by atoms with van der Waals surface area (Å²) in [7, 11) is 0. The number of hydrogen-bond donors (Lipinski definition) is 0. The minimum absolute atomic E-state index is 0.0439. The highest BCUT2D eigenvalue weighted by Gasteiger charge is 2.20. The quantitative estimate of drug-likeness (QED) is 0.782. The zero-order valence-corrected chi connectivity index (χ0v) is 16.7. The maximum Gasteiger partial charge on any atom is 0.255 e. The number of carbonyl (C=O) groups is 1. The summed E-state index contributed by atoms with van der Waals surface area (Å²) in [5, 5.41) is 0. The number of ether oxygens (including phenoxy) is 1. The van der Waals surface area contributed by atoms with Crippen LogP contribution in [0.1, 0.15) is 15.9 Å². The Labute approximate surface area is 172 Å². The van der Waals surface area contributed by atoms with Gasteiger partial charge in [0.2, 0.25) is 0 Å². The fourth-order valence-corrected chi connectivity index (χ4v) is 3.71. The molecule has 6 heteroatoms. The number of carbonyl (C=O) groups excluding carboxylic acids is 1. The molecule has 0 bridgehead atoms. The van der Waals surface area contributed by atoms with Gasteiger partial charge in [-0.15, -0.1) is 0 Å². The van der Waals surface area contributed by atoms with E-state index in [9.17, 15) is 4.79 Å². The number of piperazine rings is 1. The molecule has 0 atom stereocenters. The van der Waals surface area contributed by atoms with Crippen molar-refractivity contribution in [3.8, 4) is 0 Å². The lowest BCUT2D eigenvalue weighted by Gasteiger charge is -2.35. The Morgan fingerprint density at radius 3 is 2.41 bits per heavy atom. The fraction of sp³-hybridized carbons (Fsp3) is 0.391. The van der Waals surface area contributed by atoms with Crippen molar-refractivity contribution >= 4 is 17.8 Å². The number of nitrogens with zero attached hydrogens (tertiary/aromatic N) is 4. The SMILES string of the molecule is O=C(c1ccc(N2CCN(C/C=C/c3ccccc3)CC2)nc1)N1CCOCC1. The van der Waals surface area contributed by atoms with Crippen LogP contribution in [-0.4, -0.2) is 79.7 Å². The topological polar surface area (TPSA) is 48.9 Å². The number of aromatic nitrogens is 1. The van der Waals surface area contributed by atoms with E-state index in [-0.39, 0.29) is 5.91 Å².